The highest BCUT2D eigenvalue weighted by Gasteiger charge is 2.43. The molecule has 0 radical (unpaired) electrons. The summed E-state index contributed by atoms with van der Waals surface area (Å²) in [5, 5.41) is 0. The minimum Gasteiger partial charge on any atom is -0.303 e. The van der Waals surface area contributed by atoms with E-state index in [4.69, 9.17) is 0 Å². The Morgan fingerprint density at radius 2 is 1.89 bits per heavy atom. The predicted molar refractivity (Wildman–Crippen MR) is 66.2 cm³/mol. The monoisotopic (exact) mass is 245 g/mol. The molecule has 0 aromatic heterocycles. The fourth-order valence-corrected chi connectivity index (χ4v) is 2.29. The van der Waals surface area contributed by atoms with Gasteiger partial charge in [-0.1, -0.05) is 18.2 Å². The van der Waals surface area contributed by atoms with Gasteiger partial charge in [-0.05, 0) is 25.5 Å². The molecule has 0 atom stereocenters. The highest BCUT2D eigenvalue weighted by Crippen LogP contribution is 2.34. The second kappa shape index (κ2) is 4.37. The van der Waals surface area contributed by atoms with Crippen molar-refractivity contribution < 1.29 is 14.4 Å². The van der Waals surface area contributed by atoms with Gasteiger partial charge in [0.2, 0.25) is 5.91 Å². The van der Waals surface area contributed by atoms with Gasteiger partial charge in [0, 0.05) is 18.5 Å². The Hall–Kier alpha value is -1.97. The lowest BCUT2D eigenvalue weighted by Gasteiger charge is -2.37. The normalized spacial score (nSPS) is 17.6. The van der Waals surface area contributed by atoms with Gasteiger partial charge in [-0.3, -0.25) is 14.5 Å². The number of amides is 2. The van der Waals surface area contributed by atoms with Crippen LogP contribution in [0.4, 0.5) is 0 Å². The van der Waals surface area contributed by atoms with E-state index >= 15 is 0 Å². The average Bonchev–Trinajstić information content (AvgIpc) is 2.37. The summed E-state index contributed by atoms with van der Waals surface area (Å²) >= 11 is 0. The van der Waals surface area contributed by atoms with Gasteiger partial charge in [-0.15, -0.1) is 0 Å². The van der Waals surface area contributed by atoms with Crippen molar-refractivity contribution in [2.24, 2.45) is 0 Å². The zero-order chi connectivity index (χ0) is 13.3. The molecule has 1 aliphatic heterocycles. The van der Waals surface area contributed by atoms with Crippen LogP contribution in [0.1, 0.15) is 36.2 Å². The van der Waals surface area contributed by atoms with E-state index in [0.717, 1.165) is 5.56 Å². The van der Waals surface area contributed by atoms with E-state index in [1.807, 2.05) is 12.1 Å². The van der Waals surface area contributed by atoms with Crippen molar-refractivity contribution >= 4 is 18.1 Å². The maximum Gasteiger partial charge on any atom is 0.260 e. The van der Waals surface area contributed by atoms with Gasteiger partial charge in [0.05, 0.1) is 5.41 Å². The van der Waals surface area contributed by atoms with Crippen LogP contribution >= 0.6 is 0 Å². The minimum absolute atomic E-state index is 0.152. The Bertz CT molecular complexity index is 520. The number of aldehydes is 1. The van der Waals surface area contributed by atoms with E-state index in [2.05, 4.69) is 0 Å². The lowest BCUT2D eigenvalue weighted by molar-refractivity contribution is -0.134. The zero-order valence-electron chi connectivity index (χ0n) is 10.5. The van der Waals surface area contributed by atoms with E-state index in [-0.39, 0.29) is 24.8 Å². The number of fused-ring (bicyclic) bond motifs is 1. The quantitative estimate of drug-likeness (QED) is 0.599. The largest absolute Gasteiger partial charge is 0.303 e. The minimum atomic E-state index is -0.729. The van der Waals surface area contributed by atoms with Crippen LogP contribution in [-0.2, 0) is 15.0 Å². The topological polar surface area (TPSA) is 54.5 Å². The lowest BCUT2D eigenvalue weighted by atomic mass is 9.77. The summed E-state index contributed by atoms with van der Waals surface area (Å²) < 4.78 is 0. The molecule has 4 nitrogen and oxygen atoms in total. The molecule has 0 saturated carbocycles. The SMILES string of the molecule is CC1(C)C(=O)N(CCC=O)C(=O)c2ccccc21. The Morgan fingerprint density at radius 1 is 1.22 bits per heavy atom. The number of hydrogen-bond acceptors (Lipinski definition) is 3. The predicted octanol–water partition coefficient (Wildman–Crippen LogP) is 1.54. The Labute approximate surface area is 106 Å². The number of nitrogens with zero attached hydrogens (tertiary/aromatic N) is 1. The summed E-state index contributed by atoms with van der Waals surface area (Å²) in [5.74, 6) is -0.551. The zero-order valence-corrected chi connectivity index (χ0v) is 10.5. The molecule has 94 valence electrons. The van der Waals surface area contributed by atoms with Gasteiger partial charge >= 0.3 is 0 Å². The Balaban J connectivity index is 2.50. The molecule has 0 unspecified atom stereocenters. The number of benzene rings is 1. The second-order valence-electron chi connectivity index (χ2n) is 4.89. The molecular weight excluding hydrogens is 230 g/mol. The molecule has 0 saturated heterocycles. The smallest absolute Gasteiger partial charge is 0.260 e. The van der Waals surface area contributed by atoms with Gasteiger partial charge in [0.15, 0.2) is 0 Å². The van der Waals surface area contributed by atoms with Crippen LogP contribution in [0, 0.1) is 0 Å². The molecule has 0 aliphatic carbocycles. The van der Waals surface area contributed by atoms with Gasteiger partial charge in [-0.2, -0.15) is 0 Å². The third-order valence-corrected chi connectivity index (χ3v) is 3.33. The molecule has 4 heteroatoms. The first-order valence-corrected chi connectivity index (χ1v) is 5.89. The number of hydrogen-bond donors (Lipinski definition) is 0. The molecule has 18 heavy (non-hydrogen) atoms. The Morgan fingerprint density at radius 3 is 2.56 bits per heavy atom. The van der Waals surface area contributed by atoms with E-state index in [1.54, 1.807) is 26.0 Å². The van der Waals surface area contributed by atoms with Gasteiger partial charge < -0.3 is 4.79 Å². The van der Waals surface area contributed by atoms with E-state index in [1.165, 1.54) is 4.90 Å². The first-order chi connectivity index (χ1) is 8.50. The summed E-state index contributed by atoms with van der Waals surface area (Å²) in [6.45, 7) is 3.75. The van der Waals surface area contributed by atoms with Crippen molar-refractivity contribution in [3.8, 4) is 0 Å². The first kappa shape index (κ1) is 12.5. The molecule has 2 amide bonds. The fourth-order valence-electron chi connectivity index (χ4n) is 2.29. The van der Waals surface area contributed by atoms with Gasteiger partial charge in [0.1, 0.15) is 6.29 Å². The highest BCUT2D eigenvalue weighted by atomic mass is 16.2. The van der Waals surface area contributed by atoms with Crippen molar-refractivity contribution in [3.05, 3.63) is 35.4 Å². The average molecular weight is 245 g/mol. The standard InChI is InChI=1S/C14H15NO3/c1-14(2)11-7-4-3-6-10(11)12(17)15(13(14)18)8-5-9-16/h3-4,6-7,9H,5,8H2,1-2H3. The van der Waals surface area contributed by atoms with Gasteiger partial charge in [-0.25, -0.2) is 0 Å². The number of carbonyl (C=O) groups excluding carboxylic acids is 3. The summed E-state index contributed by atoms with van der Waals surface area (Å²) in [6.07, 6.45) is 0.893. The van der Waals surface area contributed by atoms with E-state index in [9.17, 15) is 14.4 Å². The maximum atomic E-state index is 12.3. The number of imide groups is 1. The molecule has 0 bridgehead atoms. The Kier molecular flexibility index (Phi) is 3.03. The van der Waals surface area contributed by atoms with Crippen LogP contribution < -0.4 is 0 Å². The fraction of sp³-hybridized carbons (Fsp3) is 0.357. The van der Waals surface area contributed by atoms with Crippen molar-refractivity contribution in [2.45, 2.75) is 25.7 Å². The maximum absolute atomic E-state index is 12.3. The first-order valence-electron chi connectivity index (χ1n) is 5.89. The molecular formula is C14H15NO3. The third-order valence-electron chi connectivity index (χ3n) is 3.33. The van der Waals surface area contributed by atoms with E-state index in [0.29, 0.717) is 11.8 Å². The molecule has 0 N–H and O–H groups in total. The number of carbonyl (C=O) groups is 3. The molecule has 2 rings (SSSR count). The molecule has 1 aromatic carbocycles. The van der Waals surface area contributed by atoms with Crippen molar-refractivity contribution in [2.75, 3.05) is 6.54 Å². The summed E-state index contributed by atoms with van der Waals surface area (Å²) in [4.78, 5) is 36.1. The number of rotatable bonds is 3. The molecule has 1 aliphatic rings. The van der Waals surface area contributed by atoms with Crippen LogP contribution in [0.25, 0.3) is 0 Å². The highest BCUT2D eigenvalue weighted by molar-refractivity contribution is 6.12. The summed E-state index contributed by atoms with van der Waals surface area (Å²) in [7, 11) is 0. The van der Waals surface area contributed by atoms with Crippen LogP contribution in [-0.4, -0.2) is 29.5 Å². The van der Waals surface area contributed by atoms with E-state index < -0.39 is 5.41 Å². The summed E-state index contributed by atoms with van der Waals surface area (Å²) in [5.41, 5.74) is 0.572. The van der Waals surface area contributed by atoms with Crippen LogP contribution in [0.15, 0.2) is 24.3 Å². The van der Waals surface area contributed by atoms with Crippen LogP contribution in [0.3, 0.4) is 0 Å². The van der Waals surface area contributed by atoms with Crippen molar-refractivity contribution in [1.29, 1.82) is 0 Å². The molecule has 0 spiro atoms. The molecule has 1 heterocycles. The second-order valence-corrected chi connectivity index (χ2v) is 4.89. The van der Waals surface area contributed by atoms with Crippen LogP contribution in [0.5, 0.6) is 0 Å². The molecule has 1 aromatic rings. The third kappa shape index (κ3) is 1.74. The van der Waals surface area contributed by atoms with Gasteiger partial charge in [0.25, 0.3) is 5.91 Å². The van der Waals surface area contributed by atoms with Crippen molar-refractivity contribution in [1.82, 2.24) is 4.90 Å². The van der Waals surface area contributed by atoms with Crippen molar-refractivity contribution in [3.63, 3.8) is 0 Å². The molecule has 0 fully saturated rings. The summed E-state index contributed by atoms with van der Waals surface area (Å²) in [6, 6.07) is 7.13. The van der Waals surface area contributed by atoms with Crippen LogP contribution in [0.2, 0.25) is 0 Å². The lowest BCUT2D eigenvalue weighted by Crippen LogP contribution is -2.52.